The van der Waals surface area contributed by atoms with E-state index in [1.807, 2.05) is 0 Å². The maximum absolute atomic E-state index is 13.1. The predicted octanol–water partition coefficient (Wildman–Crippen LogP) is 2.44. The molecule has 1 N–H and O–H groups in total. The van der Waals surface area contributed by atoms with Crippen LogP contribution in [0.5, 0.6) is 0 Å². The molecule has 5 amide bonds. The number of likely N-dealkylation sites (tertiary alicyclic amines) is 1. The smallest absolute Gasteiger partial charge is 0.314 e. The third-order valence-electron chi connectivity index (χ3n) is 6.13. The highest BCUT2D eigenvalue weighted by Gasteiger charge is 2.47. The molecule has 0 saturated carbocycles. The Morgan fingerprint density at radius 2 is 1.64 bits per heavy atom. The van der Waals surface area contributed by atoms with Gasteiger partial charge in [-0.15, -0.1) is 0 Å². The SMILES string of the molecule is C[C@H](C(=O)OCN1C(=O)CCC(N2C(=O)c3ccccc3C2=O)C1=O)c1ccccc1NC(=O)CBr. The van der Waals surface area contributed by atoms with E-state index in [-0.39, 0.29) is 35.2 Å². The van der Waals surface area contributed by atoms with Gasteiger partial charge in [0.25, 0.3) is 17.7 Å². The van der Waals surface area contributed by atoms with Crippen LogP contribution in [0, 0.1) is 0 Å². The first-order valence-corrected chi connectivity index (χ1v) is 12.3. The lowest BCUT2D eigenvalue weighted by atomic mass is 9.99. The van der Waals surface area contributed by atoms with Crippen LogP contribution in [0.15, 0.2) is 48.5 Å². The molecule has 0 spiro atoms. The van der Waals surface area contributed by atoms with Crippen molar-refractivity contribution in [1.82, 2.24) is 9.80 Å². The topological polar surface area (TPSA) is 130 Å². The van der Waals surface area contributed by atoms with Gasteiger partial charge in [-0.25, -0.2) is 4.90 Å². The summed E-state index contributed by atoms with van der Waals surface area (Å²) in [6.07, 6.45) is -0.108. The van der Waals surface area contributed by atoms with E-state index < -0.39 is 48.3 Å². The van der Waals surface area contributed by atoms with Crippen LogP contribution in [-0.2, 0) is 23.9 Å². The Kier molecular flexibility index (Phi) is 7.30. The summed E-state index contributed by atoms with van der Waals surface area (Å²) in [4.78, 5) is 77.4. The number of imide groups is 2. The second-order valence-electron chi connectivity index (χ2n) is 8.32. The zero-order valence-corrected chi connectivity index (χ0v) is 20.8. The van der Waals surface area contributed by atoms with Crippen LogP contribution in [0.1, 0.15) is 52.0 Å². The standard InChI is InChI=1S/C25H22BrN3O7/c1-14(15-6-4-5-9-18(15)27-20(30)12-26)25(35)36-13-28-21(31)11-10-19(24(28)34)29-22(32)16-7-2-3-8-17(16)23(29)33/h2-9,14,19H,10-13H2,1H3,(H,27,30)/t14-,19?/m0/s1. The lowest BCUT2D eigenvalue weighted by Crippen LogP contribution is -2.56. The van der Waals surface area contributed by atoms with E-state index in [1.54, 1.807) is 43.3 Å². The first-order chi connectivity index (χ1) is 17.2. The van der Waals surface area contributed by atoms with Gasteiger partial charge in [-0.1, -0.05) is 46.3 Å². The minimum Gasteiger partial charge on any atom is -0.443 e. The Bertz CT molecular complexity index is 1240. The van der Waals surface area contributed by atoms with Gasteiger partial charge in [-0.3, -0.25) is 33.7 Å². The summed E-state index contributed by atoms with van der Waals surface area (Å²) >= 11 is 3.07. The number of benzene rings is 2. The number of carbonyl (C=O) groups excluding carboxylic acids is 6. The van der Waals surface area contributed by atoms with Gasteiger partial charge in [0.1, 0.15) is 6.04 Å². The third kappa shape index (κ3) is 4.66. The van der Waals surface area contributed by atoms with Crippen LogP contribution in [0.4, 0.5) is 5.69 Å². The molecule has 11 heteroatoms. The number of rotatable bonds is 7. The maximum Gasteiger partial charge on any atom is 0.314 e. The van der Waals surface area contributed by atoms with Crippen LogP contribution in [-0.4, -0.2) is 63.4 Å². The molecule has 0 aromatic heterocycles. The largest absolute Gasteiger partial charge is 0.443 e. The molecular formula is C25H22BrN3O7. The van der Waals surface area contributed by atoms with Gasteiger partial charge in [0.15, 0.2) is 6.73 Å². The van der Waals surface area contributed by atoms with Crippen molar-refractivity contribution in [3.63, 3.8) is 0 Å². The van der Waals surface area contributed by atoms with Crippen LogP contribution >= 0.6 is 15.9 Å². The van der Waals surface area contributed by atoms with Crippen molar-refractivity contribution in [3.05, 3.63) is 65.2 Å². The molecule has 186 valence electrons. The fourth-order valence-corrected chi connectivity index (χ4v) is 4.38. The molecule has 0 bridgehead atoms. The normalized spacial score (nSPS) is 18.2. The number of anilines is 1. The second kappa shape index (κ2) is 10.4. The van der Waals surface area contributed by atoms with Crippen molar-refractivity contribution in [2.24, 2.45) is 0 Å². The van der Waals surface area contributed by atoms with E-state index in [2.05, 4.69) is 21.2 Å². The van der Waals surface area contributed by atoms with Gasteiger partial charge in [0.2, 0.25) is 11.8 Å². The minimum absolute atomic E-state index is 0.00930. The molecule has 36 heavy (non-hydrogen) atoms. The summed E-state index contributed by atoms with van der Waals surface area (Å²) in [6, 6.07) is 11.8. The summed E-state index contributed by atoms with van der Waals surface area (Å²) < 4.78 is 5.29. The summed E-state index contributed by atoms with van der Waals surface area (Å²) in [5, 5.41) is 2.76. The molecule has 4 rings (SSSR count). The van der Waals surface area contributed by atoms with E-state index in [9.17, 15) is 28.8 Å². The Morgan fingerprint density at radius 3 is 2.28 bits per heavy atom. The number of halogens is 1. The Morgan fingerprint density at radius 1 is 1.03 bits per heavy atom. The van der Waals surface area contributed by atoms with Crippen molar-refractivity contribution < 1.29 is 33.5 Å². The number of para-hydroxylation sites is 1. The molecule has 2 atom stereocenters. The molecule has 2 aromatic rings. The highest BCUT2D eigenvalue weighted by molar-refractivity contribution is 9.09. The quantitative estimate of drug-likeness (QED) is 0.315. The molecular weight excluding hydrogens is 534 g/mol. The van der Waals surface area contributed by atoms with Crippen LogP contribution in [0.2, 0.25) is 0 Å². The first-order valence-electron chi connectivity index (χ1n) is 11.2. The molecule has 10 nitrogen and oxygen atoms in total. The predicted molar refractivity (Wildman–Crippen MR) is 130 cm³/mol. The average molecular weight is 556 g/mol. The fourth-order valence-electron chi connectivity index (χ4n) is 4.24. The monoisotopic (exact) mass is 555 g/mol. The van der Waals surface area contributed by atoms with Gasteiger partial charge < -0.3 is 10.1 Å². The van der Waals surface area contributed by atoms with Gasteiger partial charge >= 0.3 is 5.97 Å². The molecule has 1 saturated heterocycles. The van der Waals surface area contributed by atoms with Gasteiger partial charge in [-0.05, 0) is 37.1 Å². The number of esters is 1. The van der Waals surface area contributed by atoms with E-state index in [0.717, 1.165) is 9.80 Å². The summed E-state index contributed by atoms with van der Waals surface area (Å²) in [5.74, 6) is -4.40. The highest BCUT2D eigenvalue weighted by Crippen LogP contribution is 2.30. The molecule has 0 aliphatic carbocycles. The average Bonchev–Trinajstić information content (AvgIpc) is 3.13. The zero-order chi connectivity index (χ0) is 26.0. The number of fused-ring (bicyclic) bond motifs is 1. The van der Waals surface area contributed by atoms with Crippen LogP contribution < -0.4 is 5.32 Å². The number of nitrogens with zero attached hydrogens (tertiary/aromatic N) is 2. The number of alkyl halides is 1. The molecule has 2 aliphatic heterocycles. The number of ether oxygens (including phenoxy) is 1. The van der Waals surface area contributed by atoms with E-state index >= 15 is 0 Å². The van der Waals surface area contributed by atoms with Gasteiger partial charge in [-0.2, -0.15) is 0 Å². The maximum atomic E-state index is 13.1. The Labute approximate surface area is 214 Å². The number of piperidine rings is 1. The molecule has 0 radical (unpaired) electrons. The fraction of sp³-hybridized carbons (Fsp3) is 0.280. The van der Waals surface area contributed by atoms with Crippen LogP contribution in [0.25, 0.3) is 0 Å². The van der Waals surface area contributed by atoms with Crippen molar-refractivity contribution in [2.75, 3.05) is 17.4 Å². The summed E-state index contributed by atoms with van der Waals surface area (Å²) in [7, 11) is 0. The Hall–Kier alpha value is -3.86. The van der Waals surface area contributed by atoms with Gasteiger partial charge in [0, 0.05) is 12.1 Å². The van der Waals surface area contributed by atoms with E-state index in [1.165, 1.54) is 12.1 Å². The summed E-state index contributed by atoms with van der Waals surface area (Å²) in [5.41, 5.74) is 1.33. The lowest BCUT2D eigenvalue weighted by Gasteiger charge is -2.34. The number of hydrogen-bond acceptors (Lipinski definition) is 7. The number of nitrogens with one attached hydrogen (secondary N) is 1. The molecule has 1 fully saturated rings. The van der Waals surface area contributed by atoms with Crippen molar-refractivity contribution in [2.45, 2.75) is 31.7 Å². The first kappa shape index (κ1) is 25.2. The van der Waals surface area contributed by atoms with Crippen molar-refractivity contribution >= 4 is 57.1 Å². The number of hydrogen-bond donors (Lipinski definition) is 1. The number of carbonyl (C=O) groups is 6. The molecule has 2 aliphatic rings. The van der Waals surface area contributed by atoms with Gasteiger partial charge in [0.05, 0.1) is 22.4 Å². The van der Waals surface area contributed by atoms with Crippen LogP contribution in [0.3, 0.4) is 0 Å². The summed E-state index contributed by atoms with van der Waals surface area (Å²) in [6.45, 7) is 0.916. The van der Waals surface area contributed by atoms with Crippen molar-refractivity contribution in [1.29, 1.82) is 0 Å². The Balaban J connectivity index is 1.46. The zero-order valence-electron chi connectivity index (χ0n) is 19.2. The molecule has 1 unspecified atom stereocenters. The van der Waals surface area contributed by atoms with Crippen molar-refractivity contribution in [3.8, 4) is 0 Å². The molecule has 2 heterocycles. The second-order valence-corrected chi connectivity index (χ2v) is 8.88. The van der Waals surface area contributed by atoms with E-state index in [4.69, 9.17) is 4.74 Å². The van der Waals surface area contributed by atoms with E-state index in [0.29, 0.717) is 11.3 Å². The third-order valence-corrected chi connectivity index (χ3v) is 6.64. The number of amides is 5. The highest BCUT2D eigenvalue weighted by atomic mass is 79.9. The lowest BCUT2D eigenvalue weighted by molar-refractivity contribution is -0.164. The minimum atomic E-state index is -1.17. The molecule has 2 aromatic carbocycles.